The van der Waals surface area contributed by atoms with Crippen LogP contribution in [-0.2, 0) is 4.79 Å². The lowest BCUT2D eigenvalue weighted by molar-refractivity contribution is -0.147. The maximum atomic E-state index is 12.5. The fraction of sp³-hybridized carbons (Fsp3) is 0.929. The van der Waals surface area contributed by atoms with E-state index >= 15 is 0 Å². The Hall–Kier alpha value is -0.570. The van der Waals surface area contributed by atoms with Crippen LogP contribution in [0.1, 0.15) is 59.8 Å². The molecule has 0 aromatic rings. The highest BCUT2D eigenvalue weighted by Crippen LogP contribution is 2.29. The maximum Gasteiger partial charge on any atom is 0.242 e. The van der Waals surface area contributed by atoms with Gasteiger partial charge in [0.1, 0.15) is 0 Å². The second-order valence-electron chi connectivity index (χ2n) is 6.86. The van der Waals surface area contributed by atoms with Crippen molar-refractivity contribution in [2.75, 3.05) is 6.54 Å². The van der Waals surface area contributed by atoms with Crippen molar-refractivity contribution in [2.24, 2.45) is 0 Å². The first kappa shape index (κ1) is 12.9. The van der Waals surface area contributed by atoms with Crippen LogP contribution in [0.25, 0.3) is 0 Å². The number of nitrogens with one attached hydrogen (secondary N) is 1. The van der Waals surface area contributed by atoms with Crippen LogP contribution in [0.4, 0.5) is 0 Å². The molecular weight excluding hydrogens is 212 g/mol. The zero-order valence-corrected chi connectivity index (χ0v) is 11.7. The molecule has 2 rings (SSSR count). The van der Waals surface area contributed by atoms with Crippen LogP contribution in [-0.4, -0.2) is 34.5 Å². The van der Waals surface area contributed by atoms with Gasteiger partial charge in [0.15, 0.2) is 0 Å². The molecule has 17 heavy (non-hydrogen) atoms. The summed E-state index contributed by atoms with van der Waals surface area (Å²) >= 11 is 0. The summed E-state index contributed by atoms with van der Waals surface area (Å²) in [5.74, 6) is 0.281. The predicted octanol–water partition coefficient (Wildman–Crippen LogP) is 2.31. The Bertz CT molecular complexity index is 303. The quantitative estimate of drug-likeness (QED) is 0.760. The Morgan fingerprint density at radius 3 is 2.29 bits per heavy atom. The Balaban J connectivity index is 2.16. The van der Waals surface area contributed by atoms with Crippen molar-refractivity contribution in [3.8, 4) is 0 Å². The lowest BCUT2D eigenvalue weighted by Gasteiger charge is -2.50. The monoisotopic (exact) mass is 238 g/mol. The van der Waals surface area contributed by atoms with Gasteiger partial charge in [-0.25, -0.2) is 0 Å². The van der Waals surface area contributed by atoms with Gasteiger partial charge in [-0.1, -0.05) is 19.3 Å². The number of carbonyl (C=O) groups excluding carboxylic acids is 1. The van der Waals surface area contributed by atoms with Gasteiger partial charge in [-0.3, -0.25) is 10.1 Å². The fourth-order valence-electron chi connectivity index (χ4n) is 3.48. The number of hydrogen-bond donors (Lipinski definition) is 1. The van der Waals surface area contributed by atoms with Gasteiger partial charge >= 0.3 is 0 Å². The highest BCUT2D eigenvalue weighted by atomic mass is 16.2. The predicted molar refractivity (Wildman–Crippen MR) is 69.9 cm³/mol. The van der Waals surface area contributed by atoms with Crippen LogP contribution < -0.4 is 5.32 Å². The smallest absolute Gasteiger partial charge is 0.242 e. The van der Waals surface area contributed by atoms with E-state index in [1.807, 2.05) is 13.8 Å². The van der Waals surface area contributed by atoms with Crippen LogP contribution in [0.15, 0.2) is 0 Å². The number of rotatable bonds is 1. The zero-order chi connectivity index (χ0) is 12.7. The van der Waals surface area contributed by atoms with Crippen LogP contribution in [0.2, 0.25) is 0 Å². The molecule has 0 unspecified atom stereocenters. The summed E-state index contributed by atoms with van der Waals surface area (Å²) in [7, 11) is 0. The minimum absolute atomic E-state index is 0.0227. The van der Waals surface area contributed by atoms with Gasteiger partial charge in [0, 0.05) is 18.1 Å². The molecule has 1 aliphatic heterocycles. The van der Waals surface area contributed by atoms with E-state index in [0.29, 0.717) is 6.04 Å². The number of amides is 1. The average molecular weight is 238 g/mol. The van der Waals surface area contributed by atoms with Crippen molar-refractivity contribution in [3.05, 3.63) is 0 Å². The summed E-state index contributed by atoms with van der Waals surface area (Å²) < 4.78 is 0. The summed E-state index contributed by atoms with van der Waals surface area (Å²) in [5, 5.41) is 3.46. The van der Waals surface area contributed by atoms with Crippen molar-refractivity contribution in [1.82, 2.24) is 10.2 Å². The van der Waals surface area contributed by atoms with Gasteiger partial charge in [0.05, 0.1) is 5.54 Å². The van der Waals surface area contributed by atoms with Gasteiger partial charge in [0.2, 0.25) is 5.91 Å². The summed E-state index contributed by atoms with van der Waals surface area (Å²) in [5.41, 5.74) is -0.395. The summed E-state index contributed by atoms with van der Waals surface area (Å²) in [4.78, 5) is 14.6. The molecule has 2 fully saturated rings. The van der Waals surface area contributed by atoms with Gasteiger partial charge in [0.25, 0.3) is 0 Å². The van der Waals surface area contributed by atoms with E-state index in [1.54, 1.807) is 0 Å². The average Bonchev–Trinajstić information content (AvgIpc) is 2.23. The minimum Gasteiger partial charge on any atom is -0.336 e. The first-order valence-electron chi connectivity index (χ1n) is 6.92. The molecule has 1 amide bonds. The number of carbonyl (C=O) groups is 1. The second-order valence-corrected chi connectivity index (χ2v) is 6.86. The summed E-state index contributed by atoms with van der Waals surface area (Å²) in [6.07, 6.45) is 6.28. The van der Waals surface area contributed by atoms with Crippen molar-refractivity contribution in [1.29, 1.82) is 0 Å². The Kier molecular flexibility index (Phi) is 3.23. The topological polar surface area (TPSA) is 32.3 Å². The Morgan fingerprint density at radius 1 is 1.12 bits per heavy atom. The Labute approximate surface area is 105 Å². The first-order chi connectivity index (χ1) is 7.82. The van der Waals surface area contributed by atoms with E-state index in [9.17, 15) is 4.79 Å². The molecule has 0 atom stereocenters. The van der Waals surface area contributed by atoms with E-state index in [1.165, 1.54) is 32.1 Å². The maximum absolute atomic E-state index is 12.5. The highest BCUT2D eigenvalue weighted by Gasteiger charge is 2.45. The van der Waals surface area contributed by atoms with E-state index in [4.69, 9.17) is 0 Å². The molecule has 1 aliphatic carbocycles. The van der Waals surface area contributed by atoms with Crippen LogP contribution >= 0.6 is 0 Å². The van der Waals surface area contributed by atoms with Gasteiger partial charge in [-0.2, -0.15) is 0 Å². The molecule has 0 spiro atoms. The highest BCUT2D eigenvalue weighted by molar-refractivity contribution is 5.87. The molecule has 1 saturated carbocycles. The van der Waals surface area contributed by atoms with Crippen LogP contribution in [0.3, 0.4) is 0 Å². The van der Waals surface area contributed by atoms with Crippen LogP contribution in [0.5, 0.6) is 0 Å². The molecule has 0 bridgehead atoms. The van der Waals surface area contributed by atoms with E-state index in [-0.39, 0.29) is 11.4 Å². The molecular formula is C14H26N2O. The van der Waals surface area contributed by atoms with E-state index < -0.39 is 5.54 Å². The number of nitrogens with zero attached hydrogens (tertiary/aromatic N) is 1. The van der Waals surface area contributed by atoms with Crippen molar-refractivity contribution in [2.45, 2.75) is 76.9 Å². The molecule has 0 radical (unpaired) electrons. The van der Waals surface area contributed by atoms with E-state index in [0.717, 1.165) is 6.54 Å². The van der Waals surface area contributed by atoms with Crippen molar-refractivity contribution in [3.63, 3.8) is 0 Å². The summed E-state index contributed by atoms with van der Waals surface area (Å²) in [6, 6.07) is 0.483. The SMILES string of the molecule is CC1(C)CN(C2CCCCC2)C(=O)C(C)(C)N1. The molecule has 2 aliphatic rings. The largest absolute Gasteiger partial charge is 0.336 e. The second kappa shape index (κ2) is 4.27. The molecule has 3 heteroatoms. The molecule has 0 aromatic carbocycles. The van der Waals surface area contributed by atoms with Crippen LogP contribution in [0, 0.1) is 0 Å². The van der Waals surface area contributed by atoms with Gasteiger partial charge < -0.3 is 4.90 Å². The molecule has 1 heterocycles. The third-order valence-electron chi connectivity index (χ3n) is 4.03. The third-order valence-corrected chi connectivity index (χ3v) is 4.03. The fourth-order valence-corrected chi connectivity index (χ4v) is 3.48. The first-order valence-corrected chi connectivity index (χ1v) is 6.92. The molecule has 1 saturated heterocycles. The lowest BCUT2D eigenvalue weighted by atomic mass is 9.86. The third kappa shape index (κ3) is 2.65. The standard InChI is InChI=1S/C14H26N2O/c1-13(2)10-16(11-8-6-5-7-9-11)12(17)14(3,4)15-13/h11,15H,5-10H2,1-4H3. The van der Waals surface area contributed by atoms with Crippen molar-refractivity contribution < 1.29 is 4.79 Å². The molecule has 3 nitrogen and oxygen atoms in total. The Morgan fingerprint density at radius 2 is 1.71 bits per heavy atom. The zero-order valence-electron chi connectivity index (χ0n) is 11.7. The van der Waals surface area contributed by atoms with Gasteiger partial charge in [-0.15, -0.1) is 0 Å². The molecule has 1 N–H and O–H groups in total. The number of piperazine rings is 1. The van der Waals surface area contributed by atoms with Crippen molar-refractivity contribution >= 4 is 5.91 Å². The number of hydrogen-bond acceptors (Lipinski definition) is 2. The normalized spacial score (nSPS) is 29.4. The van der Waals surface area contributed by atoms with E-state index in [2.05, 4.69) is 24.1 Å². The minimum atomic E-state index is -0.417. The van der Waals surface area contributed by atoms with Gasteiger partial charge in [-0.05, 0) is 40.5 Å². The molecule has 0 aromatic heterocycles. The summed E-state index contributed by atoms with van der Waals surface area (Å²) in [6.45, 7) is 9.24. The molecule has 98 valence electrons. The lowest BCUT2D eigenvalue weighted by Crippen LogP contribution is -2.71.